The van der Waals surface area contributed by atoms with Gasteiger partial charge in [-0.3, -0.25) is 0 Å². The van der Waals surface area contributed by atoms with Crippen molar-refractivity contribution in [1.82, 2.24) is 0 Å². The minimum atomic E-state index is -0.171. The third-order valence-electron chi connectivity index (χ3n) is 3.42. The van der Waals surface area contributed by atoms with E-state index in [4.69, 9.17) is 0 Å². The van der Waals surface area contributed by atoms with Crippen molar-refractivity contribution in [2.75, 3.05) is 5.32 Å². The van der Waals surface area contributed by atoms with Gasteiger partial charge in [-0.15, -0.1) is 0 Å². The molecule has 0 heterocycles. The molecule has 1 saturated carbocycles. The molecule has 1 aliphatic carbocycles. The van der Waals surface area contributed by atoms with E-state index < -0.39 is 0 Å². The molecule has 82 valence electrons. The van der Waals surface area contributed by atoms with Crippen LogP contribution in [-0.4, -0.2) is 6.04 Å². The second-order valence-electron chi connectivity index (χ2n) is 5.09. The number of anilines is 1. The quantitative estimate of drug-likeness (QED) is 0.777. The minimum absolute atomic E-state index is 0.171. The van der Waals surface area contributed by atoms with E-state index in [2.05, 4.69) is 19.2 Å². The molecule has 1 atom stereocenters. The fourth-order valence-electron chi connectivity index (χ4n) is 2.37. The first-order valence-electron chi connectivity index (χ1n) is 5.60. The predicted molar refractivity (Wildman–Crippen MR) is 61.4 cm³/mol. The van der Waals surface area contributed by atoms with Gasteiger partial charge < -0.3 is 5.32 Å². The molecule has 1 fully saturated rings. The monoisotopic (exact) mass is 207 g/mol. The van der Waals surface area contributed by atoms with E-state index in [0.717, 1.165) is 5.69 Å². The Hall–Kier alpha value is -1.05. The molecule has 0 aliphatic heterocycles. The van der Waals surface area contributed by atoms with Crippen molar-refractivity contribution in [3.8, 4) is 0 Å². The zero-order valence-corrected chi connectivity index (χ0v) is 9.39. The number of nitrogens with one attached hydrogen (secondary N) is 1. The molecular weight excluding hydrogens is 189 g/mol. The van der Waals surface area contributed by atoms with Gasteiger partial charge in [0.2, 0.25) is 0 Å². The highest BCUT2D eigenvalue weighted by molar-refractivity contribution is 5.44. The topological polar surface area (TPSA) is 12.0 Å². The van der Waals surface area contributed by atoms with E-state index in [1.807, 2.05) is 6.07 Å². The Kier molecular flexibility index (Phi) is 2.68. The van der Waals surface area contributed by atoms with Crippen LogP contribution in [0.15, 0.2) is 24.3 Å². The maximum absolute atomic E-state index is 13.0. The summed E-state index contributed by atoms with van der Waals surface area (Å²) < 4.78 is 13.0. The van der Waals surface area contributed by atoms with Gasteiger partial charge in [0.25, 0.3) is 0 Å². The summed E-state index contributed by atoms with van der Waals surface area (Å²) in [7, 11) is 0. The minimum Gasteiger partial charge on any atom is -0.382 e. The molecule has 2 heteroatoms. The molecule has 1 aromatic carbocycles. The molecule has 0 bridgehead atoms. The highest BCUT2D eigenvalue weighted by Gasteiger charge is 2.34. The Morgan fingerprint density at radius 3 is 2.80 bits per heavy atom. The van der Waals surface area contributed by atoms with Crippen LogP contribution in [0.1, 0.15) is 33.1 Å². The standard InChI is InChI=1S/C13H18FN/c1-13(2)8-4-7-12(13)15-11-6-3-5-10(14)9-11/h3,5-6,9,12,15H,4,7-8H2,1-2H3. The fraction of sp³-hybridized carbons (Fsp3) is 0.538. The van der Waals surface area contributed by atoms with Crippen molar-refractivity contribution in [2.45, 2.75) is 39.2 Å². The maximum Gasteiger partial charge on any atom is 0.125 e. The third-order valence-corrected chi connectivity index (χ3v) is 3.42. The Labute approximate surface area is 90.7 Å². The molecule has 1 aliphatic rings. The summed E-state index contributed by atoms with van der Waals surface area (Å²) in [5, 5.41) is 3.43. The van der Waals surface area contributed by atoms with Crippen LogP contribution in [0.3, 0.4) is 0 Å². The van der Waals surface area contributed by atoms with Crippen molar-refractivity contribution in [2.24, 2.45) is 5.41 Å². The first-order chi connectivity index (χ1) is 7.08. The van der Waals surface area contributed by atoms with Crippen LogP contribution in [0.4, 0.5) is 10.1 Å². The Bertz CT molecular complexity index is 346. The number of rotatable bonds is 2. The zero-order valence-electron chi connectivity index (χ0n) is 9.39. The SMILES string of the molecule is CC1(C)CCCC1Nc1cccc(F)c1. The summed E-state index contributed by atoms with van der Waals surface area (Å²) in [6, 6.07) is 7.19. The molecule has 15 heavy (non-hydrogen) atoms. The molecule has 1 nitrogen and oxygen atoms in total. The van der Waals surface area contributed by atoms with Gasteiger partial charge in [-0.05, 0) is 36.5 Å². The highest BCUT2D eigenvalue weighted by Crippen LogP contribution is 2.38. The lowest BCUT2D eigenvalue weighted by molar-refractivity contribution is 0.350. The van der Waals surface area contributed by atoms with Crippen molar-refractivity contribution >= 4 is 5.69 Å². The van der Waals surface area contributed by atoms with E-state index in [9.17, 15) is 4.39 Å². The van der Waals surface area contributed by atoms with Gasteiger partial charge in [0.1, 0.15) is 5.82 Å². The molecule has 1 unspecified atom stereocenters. The van der Waals surface area contributed by atoms with E-state index in [1.54, 1.807) is 12.1 Å². The van der Waals surface area contributed by atoms with Crippen molar-refractivity contribution < 1.29 is 4.39 Å². The number of hydrogen-bond acceptors (Lipinski definition) is 1. The molecule has 2 rings (SSSR count). The van der Waals surface area contributed by atoms with Crippen molar-refractivity contribution in [1.29, 1.82) is 0 Å². The molecule has 1 N–H and O–H groups in total. The van der Waals surface area contributed by atoms with Gasteiger partial charge in [-0.25, -0.2) is 4.39 Å². The molecule has 0 saturated heterocycles. The summed E-state index contributed by atoms with van der Waals surface area (Å²) in [6.07, 6.45) is 3.70. The van der Waals surface area contributed by atoms with Gasteiger partial charge in [0.05, 0.1) is 0 Å². The van der Waals surface area contributed by atoms with Crippen LogP contribution in [0.2, 0.25) is 0 Å². The van der Waals surface area contributed by atoms with Crippen molar-refractivity contribution in [3.63, 3.8) is 0 Å². The summed E-state index contributed by atoms with van der Waals surface area (Å²) in [5.41, 5.74) is 1.22. The van der Waals surface area contributed by atoms with E-state index in [1.165, 1.54) is 25.3 Å². The van der Waals surface area contributed by atoms with Crippen LogP contribution in [0.5, 0.6) is 0 Å². The number of benzene rings is 1. The molecule has 0 aromatic heterocycles. The van der Waals surface area contributed by atoms with Crippen LogP contribution < -0.4 is 5.32 Å². The first kappa shape index (κ1) is 10.5. The third kappa shape index (κ3) is 2.31. The van der Waals surface area contributed by atoms with E-state index in [-0.39, 0.29) is 5.82 Å². The van der Waals surface area contributed by atoms with Crippen LogP contribution >= 0.6 is 0 Å². The lowest BCUT2D eigenvalue weighted by Gasteiger charge is -2.28. The second kappa shape index (κ2) is 3.84. The van der Waals surface area contributed by atoms with Crippen LogP contribution in [0, 0.1) is 11.2 Å². The lowest BCUT2D eigenvalue weighted by atomic mass is 9.87. The summed E-state index contributed by atoms with van der Waals surface area (Å²) in [4.78, 5) is 0. The van der Waals surface area contributed by atoms with Crippen LogP contribution in [0.25, 0.3) is 0 Å². The van der Waals surface area contributed by atoms with Gasteiger partial charge in [0, 0.05) is 11.7 Å². The number of halogens is 1. The molecule has 0 amide bonds. The average molecular weight is 207 g/mol. The summed E-state index contributed by atoms with van der Waals surface area (Å²) in [5.74, 6) is -0.171. The summed E-state index contributed by atoms with van der Waals surface area (Å²) in [6.45, 7) is 4.55. The largest absolute Gasteiger partial charge is 0.382 e. The van der Waals surface area contributed by atoms with E-state index in [0.29, 0.717) is 11.5 Å². The maximum atomic E-state index is 13.0. The van der Waals surface area contributed by atoms with Gasteiger partial charge >= 0.3 is 0 Å². The first-order valence-corrected chi connectivity index (χ1v) is 5.60. The Morgan fingerprint density at radius 1 is 1.40 bits per heavy atom. The lowest BCUT2D eigenvalue weighted by Crippen LogP contribution is -2.30. The Balaban J connectivity index is 2.09. The average Bonchev–Trinajstić information content (AvgIpc) is 2.46. The second-order valence-corrected chi connectivity index (χ2v) is 5.09. The molecule has 0 radical (unpaired) electrons. The van der Waals surface area contributed by atoms with Gasteiger partial charge in [-0.2, -0.15) is 0 Å². The molecule has 1 aromatic rings. The smallest absolute Gasteiger partial charge is 0.125 e. The highest BCUT2D eigenvalue weighted by atomic mass is 19.1. The van der Waals surface area contributed by atoms with Gasteiger partial charge in [0.15, 0.2) is 0 Å². The predicted octanol–water partition coefficient (Wildman–Crippen LogP) is 3.82. The fourth-order valence-corrected chi connectivity index (χ4v) is 2.37. The van der Waals surface area contributed by atoms with E-state index >= 15 is 0 Å². The zero-order chi connectivity index (χ0) is 10.9. The number of hydrogen-bond donors (Lipinski definition) is 1. The normalized spacial score (nSPS) is 24.1. The van der Waals surface area contributed by atoms with Crippen LogP contribution in [-0.2, 0) is 0 Å². The molecule has 0 spiro atoms. The summed E-state index contributed by atoms with van der Waals surface area (Å²) >= 11 is 0. The Morgan fingerprint density at radius 2 is 2.20 bits per heavy atom. The van der Waals surface area contributed by atoms with Crippen molar-refractivity contribution in [3.05, 3.63) is 30.1 Å². The van der Waals surface area contributed by atoms with Gasteiger partial charge in [-0.1, -0.05) is 26.3 Å². The molecular formula is C13H18FN.